The lowest BCUT2D eigenvalue weighted by atomic mass is 9.99. The molecule has 8 atom stereocenters. The Morgan fingerprint density at radius 1 is 0.586 bits per heavy atom. The van der Waals surface area contributed by atoms with Gasteiger partial charge in [-0.15, -0.1) is 0 Å². The monoisotopic (exact) mass is 824 g/mol. The minimum atomic E-state index is -1.62. The van der Waals surface area contributed by atoms with Gasteiger partial charge in [-0.3, -0.25) is 4.79 Å². The number of nitrogens with one attached hydrogen (secondary N) is 1. The molecule has 1 aliphatic rings. The predicted molar refractivity (Wildman–Crippen MR) is 236 cm³/mol. The van der Waals surface area contributed by atoms with Crippen LogP contribution in [0.4, 0.5) is 0 Å². The van der Waals surface area contributed by atoms with Crippen molar-refractivity contribution in [1.82, 2.24) is 5.32 Å². The van der Waals surface area contributed by atoms with E-state index < -0.39 is 61.5 Å². The average molecular weight is 824 g/mol. The van der Waals surface area contributed by atoms with Crippen LogP contribution in [0.2, 0.25) is 0 Å². The second kappa shape index (κ2) is 38.3. The van der Waals surface area contributed by atoms with Gasteiger partial charge in [-0.1, -0.05) is 179 Å². The molecule has 340 valence electrons. The van der Waals surface area contributed by atoms with Crippen molar-refractivity contribution in [3.8, 4) is 0 Å². The van der Waals surface area contributed by atoms with E-state index in [1.165, 1.54) is 128 Å². The highest BCUT2D eigenvalue weighted by atomic mass is 16.7. The number of aliphatic hydroxyl groups excluding tert-OH is 6. The largest absolute Gasteiger partial charge is 0.394 e. The van der Waals surface area contributed by atoms with Crippen LogP contribution < -0.4 is 5.32 Å². The number of carbonyl (C=O) groups is 1. The van der Waals surface area contributed by atoms with Gasteiger partial charge in [0.1, 0.15) is 30.5 Å². The van der Waals surface area contributed by atoms with Crippen molar-refractivity contribution in [3.05, 3.63) is 36.5 Å². The molecule has 1 amide bonds. The van der Waals surface area contributed by atoms with E-state index in [9.17, 15) is 35.4 Å². The fourth-order valence-electron chi connectivity index (χ4n) is 7.35. The number of ether oxygens (including phenoxy) is 2. The van der Waals surface area contributed by atoms with Crippen LogP contribution in [0.5, 0.6) is 0 Å². The van der Waals surface area contributed by atoms with Gasteiger partial charge in [-0.2, -0.15) is 0 Å². The van der Waals surface area contributed by atoms with Gasteiger partial charge in [0.25, 0.3) is 0 Å². The molecule has 1 rings (SSSR count). The van der Waals surface area contributed by atoms with E-state index in [1.54, 1.807) is 6.08 Å². The normalized spacial score (nSPS) is 21.7. The van der Waals surface area contributed by atoms with E-state index in [2.05, 4.69) is 43.5 Å². The molecule has 8 unspecified atom stereocenters. The van der Waals surface area contributed by atoms with Crippen LogP contribution in [0.3, 0.4) is 0 Å². The maximum Gasteiger partial charge on any atom is 0.249 e. The molecule has 0 aromatic carbocycles. The van der Waals surface area contributed by atoms with Gasteiger partial charge in [0.05, 0.1) is 25.4 Å². The number of allylic oxidation sites excluding steroid dienone is 5. The zero-order valence-corrected chi connectivity index (χ0v) is 36.9. The van der Waals surface area contributed by atoms with Gasteiger partial charge in [-0.25, -0.2) is 0 Å². The highest BCUT2D eigenvalue weighted by molar-refractivity contribution is 5.80. The molecule has 7 N–H and O–H groups in total. The second-order valence-corrected chi connectivity index (χ2v) is 16.7. The topological polar surface area (TPSA) is 169 Å². The number of carbonyl (C=O) groups excluding carboxylic acids is 1. The summed E-state index contributed by atoms with van der Waals surface area (Å²) in [4.78, 5) is 13.0. The molecule has 0 aromatic heterocycles. The van der Waals surface area contributed by atoms with E-state index in [0.29, 0.717) is 19.3 Å². The van der Waals surface area contributed by atoms with E-state index in [1.807, 2.05) is 6.08 Å². The molecule has 0 spiro atoms. The maximum atomic E-state index is 13.0. The van der Waals surface area contributed by atoms with Crippen molar-refractivity contribution in [1.29, 1.82) is 0 Å². The summed E-state index contributed by atoms with van der Waals surface area (Å²) in [6.07, 6.45) is 36.7. The van der Waals surface area contributed by atoms with Gasteiger partial charge < -0.3 is 45.4 Å². The summed E-state index contributed by atoms with van der Waals surface area (Å²) in [6, 6.07) is -0.997. The van der Waals surface area contributed by atoms with Gasteiger partial charge in [0.2, 0.25) is 5.91 Å². The van der Waals surface area contributed by atoms with Crippen LogP contribution in [-0.2, 0) is 14.3 Å². The van der Waals surface area contributed by atoms with Crippen molar-refractivity contribution in [2.24, 2.45) is 0 Å². The lowest BCUT2D eigenvalue weighted by Gasteiger charge is -2.40. The van der Waals surface area contributed by atoms with Gasteiger partial charge in [-0.05, 0) is 57.8 Å². The van der Waals surface area contributed by atoms with Crippen molar-refractivity contribution in [2.75, 3.05) is 13.2 Å². The molecule has 0 bridgehead atoms. The smallest absolute Gasteiger partial charge is 0.249 e. The Morgan fingerprint density at radius 3 is 1.50 bits per heavy atom. The first-order chi connectivity index (χ1) is 28.3. The van der Waals surface area contributed by atoms with Crippen molar-refractivity contribution >= 4 is 5.91 Å². The lowest BCUT2D eigenvalue weighted by molar-refractivity contribution is -0.302. The highest BCUT2D eigenvalue weighted by Crippen LogP contribution is 2.22. The minimum absolute atomic E-state index is 0.297. The Bertz CT molecular complexity index is 1020. The first kappa shape index (κ1) is 54.4. The van der Waals surface area contributed by atoms with E-state index in [4.69, 9.17) is 9.47 Å². The van der Waals surface area contributed by atoms with Crippen LogP contribution in [0, 0.1) is 0 Å². The van der Waals surface area contributed by atoms with Crippen LogP contribution in [0.15, 0.2) is 36.5 Å². The van der Waals surface area contributed by atoms with Crippen LogP contribution in [-0.4, -0.2) is 98.7 Å². The Balaban J connectivity index is 2.37. The van der Waals surface area contributed by atoms with E-state index in [0.717, 1.165) is 38.5 Å². The summed E-state index contributed by atoms with van der Waals surface area (Å²) < 4.78 is 11.1. The summed E-state index contributed by atoms with van der Waals surface area (Å²) in [6.45, 7) is 3.57. The summed E-state index contributed by atoms with van der Waals surface area (Å²) >= 11 is 0. The molecule has 1 aliphatic heterocycles. The standard InChI is InChI=1S/C48H89NO9/c1-3-5-7-9-11-13-15-17-18-19-20-21-22-23-24-25-27-29-31-33-35-37-42(52)47(56)49-40(39-57-48-46(55)45(54)44(53)43(38-50)58-48)41(51)36-34-32-30-28-26-16-14-12-10-8-6-4-2/h22-23,26,28,34,36,40-46,48,50-55H,3-21,24-25,27,29-33,35,37-39H2,1-2H3,(H,49,56)/b23-22-,28-26+,36-34+. The van der Waals surface area contributed by atoms with Gasteiger partial charge >= 0.3 is 0 Å². The third-order valence-electron chi connectivity index (χ3n) is 11.3. The fourth-order valence-corrected chi connectivity index (χ4v) is 7.35. The number of rotatable bonds is 39. The molecule has 0 aliphatic carbocycles. The Kier molecular flexibility index (Phi) is 35.9. The van der Waals surface area contributed by atoms with Crippen LogP contribution >= 0.6 is 0 Å². The SMILES string of the molecule is CCCCCCCC/C=C/CC/C=C/C(O)C(COC1OC(CO)C(O)C(O)C1O)NC(=O)C(O)CCCCCCCC/C=C\CCCCCCCCCCCCC. The van der Waals surface area contributed by atoms with Gasteiger partial charge in [0.15, 0.2) is 6.29 Å². The molecule has 58 heavy (non-hydrogen) atoms. The first-order valence-electron chi connectivity index (χ1n) is 23.8. The summed E-state index contributed by atoms with van der Waals surface area (Å²) in [5, 5.41) is 64.6. The third-order valence-corrected chi connectivity index (χ3v) is 11.3. The number of hydrogen-bond acceptors (Lipinski definition) is 9. The molecule has 10 heteroatoms. The molecule has 0 saturated carbocycles. The van der Waals surface area contributed by atoms with Crippen molar-refractivity contribution < 1.29 is 44.9 Å². The highest BCUT2D eigenvalue weighted by Gasteiger charge is 2.44. The Morgan fingerprint density at radius 2 is 1.02 bits per heavy atom. The zero-order chi connectivity index (χ0) is 42.5. The number of unbranched alkanes of at least 4 members (excludes halogenated alkanes) is 24. The fraction of sp³-hybridized carbons (Fsp3) is 0.854. The second-order valence-electron chi connectivity index (χ2n) is 16.7. The Hall–Kier alpha value is -1.63. The number of aliphatic hydroxyl groups is 6. The molecule has 0 aromatic rings. The van der Waals surface area contributed by atoms with Crippen molar-refractivity contribution in [3.63, 3.8) is 0 Å². The predicted octanol–water partition coefficient (Wildman–Crippen LogP) is 9.03. The van der Waals surface area contributed by atoms with Gasteiger partial charge in [0, 0.05) is 0 Å². The first-order valence-corrected chi connectivity index (χ1v) is 23.8. The summed E-state index contributed by atoms with van der Waals surface area (Å²) in [5.41, 5.74) is 0. The summed E-state index contributed by atoms with van der Waals surface area (Å²) in [7, 11) is 0. The molecular formula is C48H89NO9. The Labute approximate surface area is 354 Å². The molecule has 1 saturated heterocycles. The lowest BCUT2D eigenvalue weighted by Crippen LogP contribution is -2.60. The molecule has 1 fully saturated rings. The molecular weight excluding hydrogens is 735 g/mol. The van der Waals surface area contributed by atoms with Crippen LogP contribution in [0.1, 0.15) is 200 Å². The van der Waals surface area contributed by atoms with Crippen molar-refractivity contribution in [2.45, 2.75) is 249 Å². The minimum Gasteiger partial charge on any atom is -0.394 e. The number of amides is 1. The molecule has 1 heterocycles. The third kappa shape index (κ3) is 28.0. The number of hydrogen-bond donors (Lipinski definition) is 7. The molecule has 10 nitrogen and oxygen atoms in total. The van der Waals surface area contributed by atoms with E-state index >= 15 is 0 Å². The molecule has 0 radical (unpaired) electrons. The summed E-state index contributed by atoms with van der Waals surface area (Å²) in [5.74, 6) is -0.632. The van der Waals surface area contributed by atoms with E-state index in [-0.39, 0.29) is 6.61 Å². The van der Waals surface area contributed by atoms with Crippen LogP contribution in [0.25, 0.3) is 0 Å². The quantitative estimate of drug-likeness (QED) is 0.0236. The maximum absolute atomic E-state index is 13.0. The zero-order valence-electron chi connectivity index (χ0n) is 36.9. The average Bonchev–Trinajstić information content (AvgIpc) is 3.22.